The molecule has 1 fully saturated rings. The van der Waals surface area contributed by atoms with Crippen molar-refractivity contribution in [2.24, 2.45) is 22.3 Å². The van der Waals surface area contributed by atoms with Gasteiger partial charge in [0, 0.05) is 44.2 Å². The second-order valence-electron chi connectivity index (χ2n) is 10.5. The third-order valence-electron chi connectivity index (χ3n) is 6.75. The second-order valence-corrected chi connectivity index (χ2v) is 16.1. The van der Waals surface area contributed by atoms with Crippen LogP contribution in [0.15, 0.2) is 41.5 Å². The zero-order valence-corrected chi connectivity index (χ0v) is 22.5. The van der Waals surface area contributed by atoms with Crippen molar-refractivity contribution in [3.8, 4) is 11.3 Å². The zero-order valence-electron chi connectivity index (χ0n) is 21.5. The van der Waals surface area contributed by atoms with Crippen LogP contribution in [0.3, 0.4) is 0 Å². The summed E-state index contributed by atoms with van der Waals surface area (Å²) < 4.78 is 10.1. The van der Waals surface area contributed by atoms with Crippen molar-refractivity contribution >= 4 is 25.3 Å². The summed E-state index contributed by atoms with van der Waals surface area (Å²) in [5.74, 6) is 0.892. The first-order valence-corrected chi connectivity index (χ1v) is 16.1. The van der Waals surface area contributed by atoms with Crippen molar-refractivity contribution in [3.05, 3.63) is 35.9 Å². The van der Waals surface area contributed by atoms with E-state index in [0.717, 1.165) is 60.6 Å². The van der Waals surface area contributed by atoms with Crippen molar-refractivity contribution in [2.45, 2.75) is 71.1 Å². The van der Waals surface area contributed by atoms with Crippen molar-refractivity contribution < 1.29 is 15.2 Å². The molecule has 3 unspecified atom stereocenters. The van der Waals surface area contributed by atoms with Crippen LogP contribution in [0.25, 0.3) is 22.3 Å². The summed E-state index contributed by atoms with van der Waals surface area (Å²) >= 11 is 0. The average Bonchev–Trinajstić information content (AvgIpc) is 3.58. The Morgan fingerprint density at radius 1 is 1.28 bits per heavy atom. The van der Waals surface area contributed by atoms with E-state index in [0.29, 0.717) is 24.6 Å². The van der Waals surface area contributed by atoms with E-state index < -0.39 is 8.07 Å². The molecule has 3 aromatic rings. The van der Waals surface area contributed by atoms with Crippen LogP contribution in [-0.2, 0) is 11.5 Å². The van der Waals surface area contributed by atoms with Crippen LogP contribution in [0, 0.1) is 16.7 Å². The highest BCUT2D eigenvalue weighted by molar-refractivity contribution is 6.76. The van der Waals surface area contributed by atoms with Crippen LogP contribution in [0.4, 0.5) is 0 Å². The fourth-order valence-electron chi connectivity index (χ4n) is 4.89. The van der Waals surface area contributed by atoms with Gasteiger partial charge < -0.3 is 19.7 Å². The summed E-state index contributed by atoms with van der Waals surface area (Å²) in [5, 5.41) is 25.7. The van der Waals surface area contributed by atoms with Gasteiger partial charge in [0.1, 0.15) is 18.7 Å². The van der Waals surface area contributed by atoms with Gasteiger partial charge in [-0.2, -0.15) is 5.10 Å². The molecule has 12 heteroatoms. The highest BCUT2D eigenvalue weighted by Gasteiger charge is 2.31. The molecule has 3 atom stereocenters. The maximum Gasteiger partial charge on any atom is 0.152 e. The third kappa shape index (κ3) is 6.97. The van der Waals surface area contributed by atoms with Crippen LogP contribution in [0.2, 0.25) is 25.7 Å². The molecule has 0 saturated heterocycles. The maximum atomic E-state index is 8.87. The highest BCUT2D eigenvalue weighted by Crippen LogP contribution is 2.39. The molecular formula is C24H37N7O4Si. The summed E-state index contributed by atoms with van der Waals surface area (Å²) in [7, 11) is -1.10. The fourth-order valence-corrected chi connectivity index (χ4v) is 5.65. The van der Waals surface area contributed by atoms with Crippen LogP contribution in [0.5, 0.6) is 0 Å². The van der Waals surface area contributed by atoms with E-state index in [1.165, 1.54) is 5.34 Å². The molecule has 0 amide bonds. The largest absolute Gasteiger partial charge is 0.411 e. The van der Waals surface area contributed by atoms with E-state index in [1.807, 2.05) is 17.0 Å². The number of aromatic nitrogens is 5. The van der Waals surface area contributed by atoms with Crippen molar-refractivity contribution in [2.75, 3.05) is 6.61 Å². The molecule has 1 saturated carbocycles. The van der Waals surface area contributed by atoms with Crippen LogP contribution >= 0.6 is 0 Å². The Morgan fingerprint density at radius 3 is 2.75 bits per heavy atom. The molecule has 2 N–H and O–H groups in total. The van der Waals surface area contributed by atoms with Crippen LogP contribution in [0.1, 0.15) is 38.6 Å². The van der Waals surface area contributed by atoms with Crippen molar-refractivity contribution in [1.29, 1.82) is 0 Å². The fraction of sp³-hybridized carbons (Fsp3) is 0.583. The Morgan fingerprint density at radius 2 is 2.06 bits per heavy atom. The van der Waals surface area contributed by atoms with Crippen LogP contribution in [-0.4, -0.2) is 55.6 Å². The van der Waals surface area contributed by atoms with Gasteiger partial charge in [-0.05, 0) is 49.6 Å². The normalized spacial score (nSPS) is 18.9. The second kappa shape index (κ2) is 12.7. The smallest absolute Gasteiger partial charge is 0.152 e. The van der Waals surface area contributed by atoms with E-state index in [-0.39, 0.29) is 0 Å². The molecule has 0 radical (unpaired) electrons. The molecular weight excluding hydrogens is 478 g/mol. The molecule has 196 valence electrons. The lowest BCUT2D eigenvalue weighted by Gasteiger charge is -2.22. The number of oxime groups is 1. The summed E-state index contributed by atoms with van der Waals surface area (Å²) in [6, 6.07) is 3.55. The van der Waals surface area contributed by atoms with Gasteiger partial charge in [0.2, 0.25) is 0 Å². The van der Waals surface area contributed by atoms with Crippen LogP contribution < -0.4 is 0 Å². The third-order valence-corrected chi connectivity index (χ3v) is 8.46. The van der Waals surface area contributed by atoms with Gasteiger partial charge >= 0.3 is 0 Å². The first kappa shape index (κ1) is 27.5. The monoisotopic (exact) mass is 515 g/mol. The van der Waals surface area contributed by atoms with E-state index in [1.54, 1.807) is 12.5 Å². The van der Waals surface area contributed by atoms with Crippen molar-refractivity contribution in [1.82, 2.24) is 24.3 Å². The van der Waals surface area contributed by atoms with E-state index in [4.69, 9.17) is 25.2 Å². The topological polar surface area (TPSA) is 140 Å². The summed E-state index contributed by atoms with van der Waals surface area (Å²) in [5.41, 5.74) is 2.79. The highest BCUT2D eigenvalue weighted by atomic mass is 28.3. The molecule has 3 aromatic heterocycles. The van der Waals surface area contributed by atoms with E-state index in [9.17, 15) is 0 Å². The quantitative estimate of drug-likeness (QED) is 0.0897. The van der Waals surface area contributed by atoms with Gasteiger partial charge in [-0.15, -0.1) is 10.1 Å². The molecule has 36 heavy (non-hydrogen) atoms. The van der Waals surface area contributed by atoms with Crippen molar-refractivity contribution in [3.63, 3.8) is 0 Å². The van der Waals surface area contributed by atoms with Gasteiger partial charge in [-0.1, -0.05) is 26.6 Å². The predicted molar refractivity (Wildman–Crippen MR) is 141 cm³/mol. The molecule has 0 spiro atoms. The predicted octanol–water partition coefficient (Wildman–Crippen LogP) is 5.58. The minimum Gasteiger partial charge on any atom is -0.411 e. The summed E-state index contributed by atoms with van der Waals surface area (Å²) in [4.78, 5) is 17.2. The molecule has 4 rings (SSSR count). The van der Waals surface area contributed by atoms with E-state index in [2.05, 4.69) is 58.6 Å². The SMILES string of the molecule is CCC(C1CCC(/C=N/O)C1)n1cc(-c2ncnc3c2ccn3COCC[Si](C)(C)C)cn1.O=NO. The molecule has 0 aromatic carbocycles. The van der Waals surface area contributed by atoms with Gasteiger partial charge in [0.25, 0.3) is 0 Å². The van der Waals surface area contributed by atoms with Gasteiger partial charge in [-0.25, -0.2) is 9.97 Å². The Labute approximate surface area is 212 Å². The number of hydrogen-bond acceptors (Lipinski definition) is 8. The molecule has 11 nitrogen and oxygen atoms in total. The lowest BCUT2D eigenvalue weighted by atomic mass is 9.95. The number of nitrogens with zero attached hydrogens (tertiary/aromatic N) is 7. The Bertz CT molecular complexity index is 1140. The average molecular weight is 516 g/mol. The lowest BCUT2D eigenvalue weighted by Crippen LogP contribution is -2.22. The van der Waals surface area contributed by atoms with Gasteiger partial charge in [0.05, 0.1) is 17.9 Å². The van der Waals surface area contributed by atoms with Gasteiger partial charge in [0.15, 0.2) is 5.34 Å². The first-order chi connectivity index (χ1) is 17.3. The summed E-state index contributed by atoms with van der Waals surface area (Å²) in [6.07, 6.45) is 13.6. The minimum atomic E-state index is -1.10. The molecule has 0 aliphatic heterocycles. The lowest BCUT2D eigenvalue weighted by molar-refractivity contribution is 0.0899. The number of hydrogen-bond donors (Lipinski definition) is 2. The maximum absolute atomic E-state index is 8.87. The zero-order chi connectivity index (χ0) is 26.1. The van der Waals surface area contributed by atoms with Gasteiger partial charge in [-0.3, -0.25) is 4.68 Å². The Kier molecular flexibility index (Phi) is 9.71. The minimum absolute atomic E-state index is 0.331. The Balaban J connectivity index is 0.00000115. The summed E-state index contributed by atoms with van der Waals surface area (Å²) in [6.45, 7) is 10.6. The standard InChI is InChI=1S/C24H36N6O2Si.HNO2/c1-5-22(19-7-6-18(12-19)13-28-31)30-15-20(14-27-30)23-21-8-9-29(24(21)26-16-25-23)17-32-10-11-33(2,3)4;2-1-3/h8-9,13-16,18-19,22,31H,5-7,10-12,17H2,1-4H3;(H,2,3)/b28-13+;. The molecule has 1 aliphatic rings. The number of ether oxygens (including phenoxy) is 1. The first-order valence-electron chi connectivity index (χ1n) is 12.4. The molecule has 0 bridgehead atoms. The molecule has 1 aliphatic carbocycles. The molecule has 3 heterocycles. The number of fused-ring (bicyclic) bond motifs is 1. The number of rotatable bonds is 10. The Hall–Kier alpha value is -3.12. The van der Waals surface area contributed by atoms with E-state index >= 15 is 0 Å².